The Morgan fingerprint density at radius 3 is 2.78 bits per heavy atom. The van der Waals surface area contributed by atoms with Crippen LogP contribution in [0.2, 0.25) is 0 Å². The highest BCUT2D eigenvalue weighted by atomic mass is 32.2. The van der Waals surface area contributed by atoms with Gasteiger partial charge in [-0.2, -0.15) is 0 Å². The highest BCUT2D eigenvalue weighted by Gasteiger charge is 2.12. The van der Waals surface area contributed by atoms with E-state index >= 15 is 0 Å². The quantitative estimate of drug-likeness (QED) is 0.795. The standard InChI is InChI=1S/C11H16N2O4S/c1-8(7-18(3,15)16)13-9-4-5-12-10(6-9)11(14)17-2/h4-6,8H,7H2,1-3H3,(H,12,13). The summed E-state index contributed by atoms with van der Waals surface area (Å²) in [5, 5.41) is 2.99. The van der Waals surface area contributed by atoms with Gasteiger partial charge in [0, 0.05) is 24.2 Å². The van der Waals surface area contributed by atoms with E-state index in [9.17, 15) is 13.2 Å². The number of hydrogen-bond acceptors (Lipinski definition) is 6. The van der Waals surface area contributed by atoms with Crippen LogP contribution in [0, 0.1) is 0 Å². The van der Waals surface area contributed by atoms with Crippen molar-refractivity contribution >= 4 is 21.5 Å². The Morgan fingerprint density at radius 2 is 2.22 bits per heavy atom. The lowest BCUT2D eigenvalue weighted by molar-refractivity contribution is 0.0594. The second-order valence-corrected chi connectivity index (χ2v) is 6.24. The molecular formula is C11H16N2O4S. The van der Waals surface area contributed by atoms with E-state index in [0.29, 0.717) is 5.69 Å². The van der Waals surface area contributed by atoms with E-state index in [2.05, 4.69) is 15.0 Å². The normalized spacial score (nSPS) is 12.8. The molecule has 1 N–H and O–H groups in total. The van der Waals surface area contributed by atoms with E-state index < -0.39 is 15.8 Å². The zero-order valence-corrected chi connectivity index (χ0v) is 11.3. The van der Waals surface area contributed by atoms with Gasteiger partial charge in [-0.3, -0.25) is 0 Å². The number of anilines is 1. The zero-order chi connectivity index (χ0) is 13.8. The maximum atomic E-state index is 11.3. The van der Waals surface area contributed by atoms with Crippen LogP contribution in [0.25, 0.3) is 0 Å². The molecule has 0 spiro atoms. The minimum absolute atomic E-state index is 0.0167. The Balaban J connectivity index is 2.76. The van der Waals surface area contributed by atoms with Crippen molar-refractivity contribution in [1.29, 1.82) is 0 Å². The topological polar surface area (TPSA) is 85.4 Å². The summed E-state index contributed by atoms with van der Waals surface area (Å²) in [4.78, 5) is 15.1. The maximum absolute atomic E-state index is 11.3. The first-order valence-corrected chi connectivity index (χ1v) is 7.36. The molecule has 1 atom stereocenters. The second-order valence-electron chi connectivity index (χ2n) is 4.06. The Kier molecular flexibility index (Phi) is 4.66. The molecule has 0 amide bonds. The summed E-state index contributed by atoms with van der Waals surface area (Å²) < 4.78 is 26.8. The van der Waals surface area contributed by atoms with Crippen molar-refractivity contribution in [1.82, 2.24) is 4.98 Å². The van der Waals surface area contributed by atoms with Gasteiger partial charge >= 0.3 is 5.97 Å². The van der Waals surface area contributed by atoms with Crippen molar-refractivity contribution in [3.8, 4) is 0 Å². The van der Waals surface area contributed by atoms with E-state index in [1.807, 2.05) is 0 Å². The number of hydrogen-bond donors (Lipinski definition) is 1. The molecule has 0 aliphatic rings. The predicted octanol–water partition coefficient (Wildman–Crippen LogP) is 0.713. The second kappa shape index (κ2) is 5.81. The molecule has 0 fully saturated rings. The average molecular weight is 272 g/mol. The number of carbonyl (C=O) groups is 1. The molecule has 1 aromatic rings. The number of sulfone groups is 1. The van der Waals surface area contributed by atoms with Crippen LogP contribution in [-0.4, -0.2) is 44.5 Å². The van der Waals surface area contributed by atoms with E-state index in [0.717, 1.165) is 0 Å². The van der Waals surface area contributed by atoms with Gasteiger partial charge in [0.2, 0.25) is 0 Å². The number of pyridine rings is 1. The highest BCUT2D eigenvalue weighted by Crippen LogP contribution is 2.10. The Labute approximate surface area is 106 Å². The molecule has 0 aliphatic heterocycles. The van der Waals surface area contributed by atoms with Crippen molar-refractivity contribution in [3.05, 3.63) is 24.0 Å². The monoisotopic (exact) mass is 272 g/mol. The minimum atomic E-state index is -3.04. The number of rotatable bonds is 5. The van der Waals surface area contributed by atoms with Crippen LogP contribution in [0.15, 0.2) is 18.3 Å². The lowest BCUT2D eigenvalue weighted by Crippen LogP contribution is -2.25. The lowest BCUT2D eigenvalue weighted by Gasteiger charge is -2.14. The van der Waals surface area contributed by atoms with Gasteiger partial charge in [0.05, 0.1) is 12.9 Å². The molecule has 0 radical (unpaired) electrons. The van der Waals surface area contributed by atoms with Crippen molar-refractivity contribution in [2.24, 2.45) is 0 Å². The number of esters is 1. The van der Waals surface area contributed by atoms with E-state index in [1.54, 1.807) is 13.0 Å². The van der Waals surface area contributed by atoms with Gasteiger partial charge in [0.25, 0.3) is 0 Å². The van der Waals surface area contributed by atoms with Gasteiger partial charge in [-0.25, -0.2) is 18.2 Å². The van der Waals surface area contributed by atoms with E-state index in [4.69, 9.17) is 0 Å². The molecule has 0 aromatic carbocycles. The largest absolute Gasteiger partial charge is 0.464 e. The van der Waals surface area contributed by atoms with Crippen LogP contribution in [0.5, 0.6) is 0 Å². The SMILES string of the molecule is COC(=O)c1cc(NC(C)CS(C)(=O)=O)ccn1. The van der Waals surface area contributed by atoms with Crippen molar-refractivity contribution in [3.63, 3.8) is 0 Å². The van der Waals surface area contributed by atoms with Crippen LogP contribution in [0.1, 0.15) is 17.4 Å². The summed E-state index contributed by atoms with van der Waals surface area (Å²) in [6.45, 7) is 1.75. The first kappa shape index (κ1) is 14.4. The van der Waals surface area contributed by atoms with Gasteiger partial charge in [-0.05, 0) is 19.1 Å². The van der Waals surface area contributed by atoms with Gasteiger partial charge in [0.1, 0.15) is 15.5 Å². The summed E-state index contributed by atoms with van der Waals surface area (Å²) in [6, 6.07) is 2.92. The first-order chi connectivity index (χ1) is 8.31. The highest BCUT2D eigenvalue weighted by molar-refractivity contribution is 7.90. The number of methoxy groups -OCH3 is 1. The third kappa shape index (κ3) is 4.70. The average Bonchev–Trinajstić information content (AvgIpc) is 2.25. The summed E-state index contributed by atoms with van der Waals surface area (Å²) in [6.07, 6.45) is 2.64. The van der Waals surface area contributed by atoms with Gasteiger partial charge in [0.15, 0.2) is 0 Å². The van der Waals surface area contributed by atoms with Crippen LogP contribution in [-0.2, 0) is 14.6 Å². The fourth-order valence-corrected chi connectivity index (χ4v) is 2.51. The Bertz CT molecular complexity index is 528. The molecule has 0 bridgehead atoms. The smallest absolute Gasteiger partial charge is 0.356 e. The molecule has 1 unspecified atom stereocenters. The van der Waals surface area contributed by atoms with E-state index in [1.165, 1.54) is 25.6 Å². The Hall–Kier alpha value is -1.63. The molecular weight excluding hydrogens is 256 g/mol. The fraction of sp³-hybridized carbons (Fsp3) is 0.455. The maximum Gasteiger partial charge on any atom is 0.356 e. The summed E-state index contributed by atoms with van der Waals surface area (Å²) in [5.41, 5.74) is 0.801. The van der Waals surface area contributed by atoms with Crippen molar-refractivity contribution in [2.75, 3.05) is 24.4 Å². The fourth-order valence-electron chi connectivity index (χ4n) is 1.52. The third-order valence-corrected chi connectivity index (χ3v) is 3.23. The number of carbonyl (C=O) groups excluding carboxylic acids is 1. The first-order valence-electron chi connectivity index (χ1n) is 5.30. The minimum Gasteiger partial charge on any atom is -0.464 e. The predicted molar refractivity (Wildman–Crippen MR) is 68.4 cm³/mol. The molecule has 1 heterocycles. The molecule has 18 heavy (non-hydrogen) atoms. The summed E-state index contributed by atoms with van der Waals surface area (Å²) >= 11 is 0. The molecule has 0 aliphatic carbocycles. The van der Waals surface area contributed by atoms with Crippen LogP contribution < -0.4 is 5.32 Å². The van der Waals surface area contributed by atoms with Crippen molar-refractivity contribution < 1.29 is 17.9 Å². The molecule has 1 rings (SSSR count). The number of nitrogens with one attached hydrogen (secondary N) is 1. The number of nitrogens with zero attached hydrogens (tertiary/aromatic N) is 1. The van der Waals surface area contributed by atoms with Crippen LogP contribution >= 0.6 is 0 Å². The third-order valence-electron chi connectivity index (χ3n) is 2.12. The van der Waals surface area contributed by atoms with E-state index in [-0.39, 0.29) is 17.5 Å². The van der Waals surface area contributed by atoms with Gasteiger partial charge in [-0.1, -0.05) is 0 Å². The molecule has 7 heteroatoms. The molecule has 100 valence electrons. The summed E-state index contributed by atoms with van der Waals surface area (Å²) in [5.74, 6) is -0.516. The Morgan fingerprint density at radius 1 is 1.56 bits per heavy atom. The van der Waals surface area contributed by atoms with Gasteiger partial charge in [-0.15, -0.1) is 0 Å². The zero-order valence-electron chi connectivity index (χ0n) is 10.5. The number of aromatic nitrogens is 1. The summed E-state index contributed by atoms with van der Waals surface area (Å²) in [7, 11) is -1.77. The van der Waals surface area contributed by atoms with Crippen LogP contribution in [0.3, 0.4) is 0 Å². The van der Waals surface area contributed by atoms with Crippen molar-refractivity contribution in [2.45, 2.75) is 13.0 Å². The number of ether oxygens (including phenoxy) is 1. The molecule has 0 saturated heterocycles. The lowest BCUT2D eigenvalue weighted by atomic mass is 10.3. The molecule has 0 saturated carbocycles. The van der Waals surface area contributed by atoms with Gasteiger partial charge < -0.3 is 10.1 Å². The van der Waals surface area contributed by atoms with Crippen LogP contribution in [0.4, 0.5) is 5.69 Å². The molecule has 1 aromatic heterocycles. The molecule has 6 nitrogen and oxygen atoms in total.